The maximum absolute atomic E-state index is 5.48. The predicted octanol–water partition coefficient (Wildman–Crippen LogP) is 1.23. The molecule has 2 aromatic heterocycles. The van der Waals surface area contributed by atoms with E-state index in [1.165, 1.54) is 6.33 Å². The molecule has 2 rings (SSSR count). The molecule has 0 aliphatic rings. The normalized spacial score (nSPS) is 10.8. The smallest absolute Gasteiger partial charge is 0.228 e. The third-order valence-electron chi connectivity index (χ3n) is 2.80. The quantitative estimate of drug-likeness (QED) is 0.533. The van der Waals surface area contributed by atoms with Gasteiger partial charge in [-0.3, -0.25) is 0 Å². The fraction of sp³-hybridized carbons (Fsp3) is 0.500. The highest BCUT2D eigenvalue weighted by Crippen LogP contribution is 2.27. The van der Waals surface area contributed by atoms with E-state index in [9.17, 15) is 0 Å². The van der Waals surface area contributed by atoms with Crippen molar-refractivity contribution in [2.45, 2.75) is 33.1 Å². The molecule has 0 spiro atoms. The van der Waals surface area contributed by atoms with Crippen LogP contribution in [-0.2, 0) is 6.42 Å². The van der Waals surface area contributed by atoms with E-state index in [0.717, 1.165) is 11.4 Å². The maximum atomic E-state index is 5.48. The monoisotopic (exact) mass is 277 g/mol. The Morgan fingerprint density at radius 1 is 1.30 bits per heavy atom. The number of aromatic nitrogens is 4. The molecule has 0 unspecified atom stereocenters. The molecule has 8 nitrogen and oxygen atoms in total. The van der Waals surface area contributed by atoms with E-state index < -0.39 is 0 Å². The van der Waals surface area contributed by atoms with Gasteiger partial charge in [-0.05, 0) is 12.8 Å². The van der Waals surface area contributed by atoms with Gasteiger partial charge in [0.25, 0.3) is 0 Å². The van der Waals surface area contributed by atoms with E-state index in [-0.39, 0.29) is 5.92 Å². The van der Waals surface area contributed by atoms with Crippen molar-refractivity contribution in [3.8, 4) is 0 Å². The van der Waals surface area contributed by atoms with Gasteiger partial charge in [0.15, 0.2) is 5.82 Å². The van der Waals surface area contributed by atoms with Gasteiger partial charge in [-0.1, -0.05) is 19.0 Å². The van der Waals surface area contributed by atoms with Gasteiger partial charge in [0.05, 0.1) is 0 Å². The summed E-state index contributed by atoms with van der Waals surface area (Å²) in [6.45, 7) is 6.56. The molecule has 0 amide bonds. The molecule has 0 fully saturated rings. The Kier molecular flexibility index (Phi) is 4.46. The summed E-state index contributed by atoms with van der Waals surface area (Å²) in [7, 11) is 0. The lowest BCUT2D eigenvalue weighted by atomic mass is 10.0. The molecule has 20 heavy (non-hydrogen) atoms. The van der Waals surface area contributed by atoms with Gasteiger partial charge in [0, 0.05) is 18.5 Å². The molecule has 0 atom stereocenters. The van der Waals surface area contributed by atoms with Crippen LogP contribution in [0.3, 0.4) is 0 Å². The zero-order valence-electron chi connectivity index (χ0n) is 11.8. The Bertz CT molecular complexity index is 567. The van der Waals surface area contributed by atoms with E-state index in [2.05, 4.69) is 44.7 Å². The first-order valence-corrected chi connectivity index (χ1v) is 6.46. The number of rotatable bonds is 6. The number of nitrogen functional groups attached to an aromatic ring is 1. The van der Waals surface area contributed by atoms with Gasteiger partial charge >= 0.3 is 0 Å². The van der Waals surface area contributed by atoms with Crippen molar-refractivity contribution in [1.82, 2.24) is 20.1 Å². The molecular formula is C12H19N7O. The summed E-state index contributed by atoms with van der Waals surface area (Å²) in [6, 6.07) is 0. The number of hydrogen-bond acceptors (Lipinski definition) is 8. The summed E-state index contributed by atoms with van der Waals surface area (Å²) >= 11 is 0. The second kappa shape index (κ2) is 6.29. The Morgan fingerprint density at radius 3 is 2.65 bits per heavy atom. The van der Waals surface area contributed by atoms with Crippen LogP contribution in [0.4, 0.5) is 11.6 Å². The van der Waals surface area contributed by atoms with Gasteiger partial charge in [-0.2, -0.15) is 4.98 Å². The SMILES string of the molecule is Cc1noc(CCNc2ncnc(NN)c2C(C)C)n1. The van der Waals surface area contributed by atoms with Crippen LogP contribution < -0.4 is 16.6 Å². The summed E-state index contributed by atoms with van der Waals surface area (Å²) in [6.07, 6.45) is 2.11. The molecular weight excluding hydrogens is 258 g/mol. The van der Waals surface area contributed by atoms with E-state index in [1.807, 2.05) is 0 Å². The molecule has 0 aliphatic heterocycles. The first-order valence-electron chi connectivity index (χ1n) is 6.46. The van der Waals surface area contributed by atoms with Crippen molar-refractivity contribution in [2.24, 2.45) is 5.84 Å². The highest BCUT2D eigenvalue weighted by atomic mass is 16.5. The summed E-state index contributed by atoms with van der Waals surface area (Å²) in [5, 5.41) is 7.00. The maximum Gasteiger partial charge on any atom is 0.228 e. The molecule has 0 aromatic carbocycles. The molecule has 0 radical (unpaired) electrons. The van der Waals surface area contributed by atoms with E-state index in [4.69, 9.17) is 10.4 Å². The topological polar surface area (TPSA) is 115 Å². The Morgan fingerprint density at radius 2 is 2.05 bits per heavy atom. The summed E-state index contributed by atoms with van der Waals surface area (Å²) in [5.74, 6) is 8.36. The van der Waals surface area contributed by atoms with Crippen molar-refractivity contribution in [1.29, 1.82) is 0 Å². The largest absolute Gasteiger partial charge is 0.369 e. The number of hydrazine groups is 1. The number of nitrogens with two attached hydrogens (primary N) is 1. The minimum atomic E-state index is 0.246. The second-order valence-electron chi connectivity index (χ2n) is 4.70. The van der Waals surface area contributed by atoms with E-state index in [1.54, 1.807) is 6.92 Å². The lowest BCUT2D eigenvalue weighted by molar-refractivity contribution is 0.377. The molecule has 108 valence electrons. The van der Waals surface area contributed by atoms with Crippen molar-refractivity contribution in [2.75, 3.05) is 17.3 Å². The lowest BCUT2D eigenvalue weighted by Gasteiger charge is -2.15. The molecule has 0 bridgehead atoms. The van der Waals surface area contributed by atoms with E-state index >= 15 is 0 Å². The number of hydrogen-bond donors (Lipinski definition) is 3. The molecule has 8 heteroatoms. The summed E-state index contributed by atoms with van der Waals surface area (Å²) in [4.78, 5) is 12.5. The number of nitrogens with zero attached hydrogens (tertiary/aromatic N) is 4. The van der Waals surface area contributed by atoms with Crippen molar-refractivity contribution in [3.63, 3.8) is 0 Å². The third kappa shape index (κ3) is 3.21. The zero-order valence-corrected chi connectivity index (χ0v) is 11.8. The Hall–Kier alpha value is -2.22. The Labute approximate surface area is 117 Å². The van der Waals surface area contributed by atoms with Gasteiger partial charge < -0.3 is 15.3 Å². The van der Waals surface area contributed by atoms with Crippen molar-refractivity contribution >= 4 is 11.6 Å². The number of anilines is 2. The predicted molar refractivity (Wildman–Crippen MR) is 75.2 cm³/mol. The molecule has 0 aliphatic carbocycles. The highest BCUT2D eigenvalue weighted by Gasteiger charge is 2.14. The molecule has 0 saturated carbocycles. The number of nitrogens with one attached hydrogen (secondary N) is 2. The highest BCUT2D eigenvalue weighted by molar-refractivity contribution is 5.58. The van der Waals surface area contributed by atoms with Gasteiger partial charge in [0.2, 0.25) is 5.89 Å². The standard InChI is InChI=1S/C12H19N7O/c1-7(2)10-11(15-6-16-12(10)18-13)14-5-4-9-17-8(3)19-20-9/h6-7H,4-5,13H2,1-3H3,(H2,14,15,16,18). The molecule has 2 aromatic rings. The van der Waals surface area contributed by atoms with Crippen LogP contribution in [-0.4, -0.2) is 26.7 Å². The first kappa shape index (κ1) is 14.2. The second-order valence-corrected chi connectivity index (χ2v) is 4.70. The summed E-state index contributed by atoms with van der Waals surface area (Å²) < 4.78 is 5.06. The van der Waals surface area contributed by atoms with Gasteiger partial charge in [-0.15, -0.1) is 0 Å². The average Bonchev–Trinajstić information content (AvgIpc) is 2.83. The van der Waals surface area contributed by atoms with Crippen LogP contribution in [0.25, 0.3) is 0 Å². The molecule has 4 N–H and O–H groups in total. The zero-order chi connectivity index (χ0) is 14.5. The van der Waals surface area contributed by atoms with Crippen LogP contribution in [0.2, 0.25) is 0 Å². The van der Waals surface area contributed by atoms with Gasteiger partial charge in [-0.25, -0.2) is 15.8 Å². The van der Waals surface area contributed by atoms with Crippen LogP contribution in [0.15, 0.2) is 10.9 Å². The minimum Gasteiger partial charge on any atom is -0.369 e. The van der Waals surface area contributed by atoms with Crippen molar-refractivity contribution in [3.05, 3.63) is 23.6 Å². The fourth-order valence-electron chi connectivity index (χ4n) is 1.93. The molecule has 0 saturated heterocycles. The number of aryl methyl sites for hydroxylation is 1. The van der Waals surface area contributed by atoms with Crippen LogP contribution >= 0.6 is 0 Å². The van der Waals surface area contributed by atoms with Gasteiger partial charge in [0.1, 0.15) is 18.0 Å². The lowest BCUT2D eigenvalue weighted by Crippen LogP contribution is -2.16. The Balaban J connectivity index is 2.05. The first-order chi connectivity index (χ1) is 9.61. The third-order valence-corrected chi connectivity index (χ3v) is 2.80. The molecule has 2 heterocycles. The van der Waals surface area contributed by atoms with Crippen molar-refractivity contribution < 1.29 is 4.52 Å². The van der Waals surface area contributed by atoms with E-state index in [0.29, 0.717) is 30.5 Å². The van der Waals surface area contributed by atoms with Crippen LogP contribution in [0.5, 0.6) is 0 Å². The summed E-state index contributed by atoms with van der Waals surface area (Å²) in [5.41, 5.74) is 3.55. The fourth-order valence-corrected chi connectivity index (χ4v) is 1.93. The van der Waals surface area contributed by atoms with Crippen LogP contribution in [0.1, 0.15) is 37.0 Å². The average molecular weight is 277 g/mol. The van der Waals surface area contributed by atoms with Crippen LogP contribution in [0, 0.1) is 6.92 Å². The minimum absolute atomic E-state index is 0.246.